The lowest BCUT2D eigenvalue weighted by molar-refractivity contribution is -0.384. The Morgan fingerprint density at radius 1 is 1.00 bits per heavy atom. The zero-order valence-corrected chi connectivity index (χ0v) is 37.5. The minimum atomic E-state index is -1.44. The first kappa shape index (κ1) is 48.1. The quantitative estimate of drug-likeness (QED) is 0.0397. The Morgan fingerprint density at radius 3 is 2.44 bits per heavy atom. The van der Waals surface area contributed by atoms with Crippen molar-refractivity contribution in [1.29, 1.82) is 0 Å². The molecule has 2 saturated carbocycles. The van der Waals surface area contributed by atoms with Crippen LogP contribution in [-0.2, 0) is 19.1 Å². The molecule has 2 aromatic rings. The number of nitrogens with zero attached hydrogens (tertiary/aromatic N) is 3. The summed E-state index contributed by atoms with van der Waals surface area (Å²) in [6.07, 6.45) is 14.4. The molecule has 0 bridgehead atoms. The number of hydrogen-bond donors (Lipinski definition) is 3. The second-order valence-electron chi connectivity index (χ2n) is 18.4. The number of carbonyl (C=O) groups is 1. The lowest BCUT2D eigenvalue weighted by Gasteiger charge is -2.60. The number of nitro groups is 1. The molecule has 14 heteroatoms. The number of hydrogen-bond acceptors (Lipinski definition) is 12. The Balaban J connectivity index is 1.57. The van der Waals surface area contributed by atoms with E-state index in [1.165, 1.54) is 25.0 Å². The van der Waals surface area contributed by atoms with E-state index in [-0.39, 0.29) is 82.0 Å². The highest BCUT2D eigenvalue weighted by Crippen LogP contribution is 2.62. The summed E-state index contributed by atoms with van der Waals surface area (Å²) >= 11 is 0. The van der Waals surface area contributed by atoms with E-state index in [9.17, 15) is 30.2 Å². The predicted molar refractivity (Wildman–Crippen MR) is 240 cm³/mol. The molecule has 3 N–H and O–H groups in total. The highest BCUT2D eigenvalue weighted by atomic mass is 16.7. The van der Waals surface area contributed by atoms with Crippen LogP contribution in [0.4, 0.5) is 5.69 Å². The molecule has 63 heavy (non-hydrogen) atoms. The minimum absolute atomic E-state index is 0.00523. The number of oxime groups is 1. The van der Waals surface area contributed by atoms with E-state index >= 15 is 0 Å². The first-order valence-electron chi connectivity index (χ1n) is 23.1. The van der Waals surface area contributed by atoms with E-state index in [0.29, 0.717) is 48.1 Å². The van der Waals surface area contributed by atoms with Crippen LogP contribution in [-0.4, -0.2) is 100 Å². The molecule has 6 atom stereocenters. The molecule has 14 nitrogen and oxygen atoms in total. The highest BCUT2D eigenvalue weighted by molar-refractivity contribution is 6.03. The SMILES string of the molecule is C=CCOC12Oc3ccc(Oc4cccc([N+](=O)[O-])c4)cc3C3C(CCCCO)C(CCCCO)C=C(C(=NOC(C)(C)C)CC1N(CCOCCO)C(=O)CCC1CCCC1)C32. The second kappa shape index (κ2) is 22.5. The molecule has 0 saturated heterocycles. The third kappa shape index (κ3) is 11.9. The third-order valence-electron chi connectivity index (χ3n) is 13.0. The molecule has 1 heterocycles. The van der Waals surface area contributed by atoms with Gasteiger partial charge in [0.2, 0.25) is 11.7 Å². The van der Waals surface area contributed by atoms with Crippen molar-refractivity contribution in [2.75, 3.05) is 46.2 Å². The van der Waals surface area contributed by atoms with Crippen LogP contribution in [0.25, 0.3) is 0 Å². The topological polar surface area (TPSA) is 183 Å². The number of amides is 1. The number of unbranched alkanes of at least 4 members (excludes halogenated alkanes) is 2. The molecular weight excluding hydrogens is 807 g/mol. The molecule has 4 aliphatic rings. The van der Waals surface area contributed by atoms with Gasteiger partial charge in [0.25, 0.3) is 5.69 Å². The standard InChI is InChI=1S/C49H69N3O11/c1-5-27-60-49-44(51(23-28-59-29-26-55)45(56)22-19-34-13-6-7-14-34)33-42(50-63-48(2,3)4)40-30-35(15-8-10-24-53)39(18-9-11-25-54)46(47(40)49)41-32-38(20-21-43(41)62-49)61-37-17-12-16-36(31-37)52(57)58/h5,12,16-17,20-21,30-32,34-35,39,44,46-47,53-55H,1,6-11,13-15,18-19,22-29,33H2,2-4H3. The van der Waals surface area contributed by atoms with Crippen molar-refractivity contribution in [2.45, 2.75) is 128 Å². The Hall–Kier alpha value is -4.34. The average molecular weight is 876 g/mol. The maximum atomic E-state index is 14.9. The molecule has 3 aliphatic carbocycles. The fourth-order valence-electron chi connectivity index (χ4n) is 10.3. The Morgan fingerprint density at radius 2 is 1.75 bits per heavy atom. The number of benzene rings is 2. The predicted octanol–water partition coefficient (Wildman–Crippen LogP) is 8.63. The lowest BCUT2D eigenvalue weighted by Crippen LogP contribution is -2.70. The number of ether oxygens (including phenoxy) is 4. The summed E-state index contributed by atoms with van der Waals surface area (Å²) in [6.45, 7) is 10.6. The largest absolute Gasteiger partial charge is 0.459 e. The normalized spacial score (nSPS) is 24.8. The van der Waals surface area contributed by atoms with Crippen LogP contribution in [0.2, 0.25) is 0 Å². The maximum absolute atomic E-state index is 14.9. The van der Waals surface area contributed by atoms with Crippen molar-refractivity contribution in [1.82, 2.24) is 4.90 Å². The van der Waals surface area contributed by atoms with Crippen molar-refractivity contribution in [3.63, 3.8) is 0 Å². The van der Waals surface area contributed by atoms with Gasteiger partial charge in [0, 0.05) is 50.1 Å². The van der Waals surface area contributed by atoms with E-state index < -0.39 is 28.3 Å². The van der Waals surface area contributed by atoms with Gasteiger partial charge in [-0.2, -0.15) is 0 Å². The van der Waals surface area contributed by atoms with Crippen molar-refractivity contribution in [2.24, 2.45) is 28.8 Å². The molecule has 1 aliphatic heterocycles. The van der Waals surface area contributed by atoms with E-state index in [1.54, 1.807) is 24.3 Å². The molecule has 6 rings (SSSR count). The van der Waals surface area contributed by atoms with Crippen molar-refractivity contribution >= 4 is 17.3 Å². The van der Waals surface area contributed by atoms with E-state index in [0.717, 1.165) is 56.1 Å². The first-order chi connectivity index (χ1) is 30.4. The third-order valence-corrected chi connectivity index (χ3v) is 13.0. The van der Waals surface area contributed by atoms with Crippen molar-refractivity contribution < 1.29 is 48.8 Å². The summed E-state index contributed by atoms with van der Waals surface area (Å²) in [5, 5.41) is 46.1. The fraction of sp³-hybridized carbons (Fsp3) is 0.633. The smallest absolute Gasteiger partial charge is 0.273 e. The van der Waals surface area contributed by atoms with Crippen molar-refractivity contribution in [3.05, 3.63) is 82.4 Å². The molecule has 0 aromatic heterocycles. The van der Waals surface area contributed by atoms with Gasteiger partial charge in [0.05, 0.1) is 49.0 Å². The first-order valence-corrected chi connectivity index (χ1v) is 23.1. The van der Waals surface area contributed by atoms with Gasteiger partial charge in [-0.15, -0.1) is 6.58 Å². The fourth-order valence-corrected chi connectivity index (χ4v) is 10.3. The number of carbonyl (C=O) groups excluding carboxylic acids is 1. The molecule has 6 unspecified atom stereocenters. The van der Waals surface area contributed by atoms with Crippen molar-refractivity contribution in [3.8, 4) is 17.2 Å². The number of nitro benzene ring substituents is 1. The zero-order valence-electron chi connectivity index (χ0n) is 37.5. The average Bonchev–Trinajstić information content (AvgIpc) is 3.79. The number of rotatable bonds is 24. The van der Waals surface area contributed by atoms with Gasteiger partial charge in [-0.3, -0.25) is 14.9 Å². The minimum Gasteiger partial charge on any atom is -0.459 e. The number of fused-ring (bicyclic) bond motifs is 2. The monoisotopic (exact) mass is 875 g/mol. The van der Waals surface area contributed by atoms with Gasteiger partial charge in [0.15, 0.2) is 0 Å². The lowest BCUT2D eigenvalue weighted by atomic mass is 9.55. The highest BCUT2D eigenvalue weighted by Gasteiger charge is 2.65. The van der Waals surface area contributed by atoms with E-state index in [4.69, 9.17) is 28.9 Å². The van der Waals surface area contributed by atoms with Gasteiger partial charge in [-0.1, -0.05) is 61.9 Å². The van der Waals surface area contributed by atoms with Gasteiger partial charge in [-0.05, 0) is 100 Å². The van der Waals surface area contributed by atoms with Crippen LogP contribution in [0.3, 0.4) is 0 Å². The number of aliphatic hydroxyl groups is 3. The van der Waals surface area contributed by atoms with E-state index in [2.05, 4.69) is 12.7 Å². The molecule has 346 valence electrons. The zero-order chi connectivity index (χ0) is 45.0. The van der Waals surface area contributed by atoms with Crippen LogP contribution in [0, 0.1) is 33.8 Å². The summed E-state index contributed by atoms with van der Waals surface area (Å²) in [5.74, 6) is -0.395. The van der Waals surface area contributed by atoms with E-state index in [1.807, 2.05) is 37.8 Å². The van der Waals surface area contributed by atoms with Gasteiger partial charge in [-0.25, -0.2) is 0 Å². The molecule has 2 aromatic carbocycles. The van der Waals surface area contributed by atoms with Crippen LogP contribution in [0.5, 0.6) is 17.2 Å². The maximum Gasteiger partial charge on any atom is 0.273 e. The van der Waals surface area contributed by atoms with Crippen LogP contribution < -0.4 is 9.47 Å². The molecule has 2 fully saturated rings. The summed E-state index contributed by atoms with van der Waals surface area (Å²) in [7, 11) is 0. The summed E-state index contributed by atoms with van der Waals surface area (Å²) in [4.78, 5) is 34.2. The Labute approximate surface area is 372 Å². The van der Waals surface area contributed by atoms with Gasteiger partial charge < -0.3 is 44.0 Å². The van der Waals surface area contributed by atoms with Crippen LogP contribution in [0.15, 0.2) is 71.9 Å². The Kier molecular flexibility index (Phi) is 17.2. The Bertz CT molecular complexity index is 1910. The second-order valence-corrected chi connectivity index (χ2v) is 18.4. The number of allylic oxidation sites excluding steroid dienone is 1. The van der Waals surface area contributed by atoms with Gasteiger partial charge >= 0.3 is 0 Å². The molecular formula is C49H69N3O11. The molecule has 0 spiro atoms. The van der Waals surface area contributed by atoms with Crippen LogP contribution >= 0.6 is 0 Å². The summed E-state index contributed by atoms with van der Waals surface area (Å²) in [6, 6.07) is 11.0. The number of aliphatic hydroxyl groups excluding tert-OH is 3. The molecule has 1 amide bonds. The molecule has 0 radical (unpaired) electrons. The number of non-ortho nitro benzene ring substituents is 1. The van der Waals surface area contributed by atoms with Gasteiger partial charge in [0.1, 0.15) is 28.9 Å². The summed E-state index contributed by atoms with van der Waals surface area (Å²) in [5.41, 5.74) is 1.78. The van der Waals surface area contributed by atoms with Crippen LogP contribution in [0.1, 0.15) is 116 Å². The summed E-state index contributed by atoms with van der Waals surface area (Å²) < 4.78 is 26.7.